The van der Waals surface area contributed by atoms with Crippen molar-refractivity contribution in [2.75, 3.05) is 26.2 Å². The summed E-state index contributed by atoms with van der Waals surface area (Å²) in [7, 11) is -3.53. The summed E-state index contributed by atoms with van der Waals surface area (Å²) >= 11 is 0. The van der Waals surface area contributed by atoms with Gasteiger partial charge in [0.2, 0.25) is 0 Å². The van der Waals surface area contributed by atoms with Gasteiger partial charge in [-0.1, -0.05) is 6.92 Å². The van der Waals surface area contributed by atoms with Crippen molar-refractivity contribution < 1.29 is 13.2 Å². The van der Waals surface area contributed by atoms with Crippen LogP contribution in [0.2, 0.25) is 0 Å². The minimum Gasteiger partial charge on any atom is -0.373 e. The van der Waals surface area contributed by atoms with Crippen LogP contribution >= 0.6 is 0 Å². The SMILES string of the molecule is CC1CN(S(=O)(=O)N2CC[C@@H](C)[C@@H](n3ccc4cnc5[nH]ccc5c43)C2)CC(C)O1. The number of aromatic nitrogens is 3. The molecule has 0 spiro atoms. The number of pyridine rings is 1. The number of rotatable bonds is 3. The summed E-state index contributed by atoms with van der Waals surface area (Å²) in [6.07, 6.45) is 6.51. The van der Waals surface area contributed by atoms with Gasteiger partial charge in [0, 0.05) is 55.5 Å². The van der Waals surface area contributed by atoms with E-state index in [4.69, 9.17) is 4.74 Å². The van der Waals surface area contributed by atoms with Gasteiger partial charge in [0.15, 0.2) is 0 Å². The first-order valence-corrected chi connectivity index (χ1v) is 12.1. The third-order valence-corrected chi connectivity index (χ3v) is 8.47. The fraction of sp³-hybridized carbons (Fsp3) is 0.571. The standard InChI is InChI=1S/C21H29N5O3S/c1-14-5-8-24(30(27,28)25-11-15(2)29-16(3)12-25)13-19(14)26-9-6-17-10-23-21-18(20(17)26)4-7-22-21/h4,6-7,9-10,14-16,19H,5,8,11-13H2,1-3H3,(H,22,23)/t14-,15?,16?,19+/m1/s1. The van der Waals surface area contributed by atoms with Gasteiger partial charge < -0.3 is 14.3 Å². The topological polar surface area (TPSA) is 83.5 Å². The summed E-state index contributed by atoms with van der Waals surface area (Å²) < 4.78 is 38.2. The highest BCUT2D eigenvalue weighted by Gasteiger charge is 2.39. The predicted molar refractivity (Wildman–Crippen MR) is 116 cm³/mol. The molecule has 5 heterocycles. The number of ether oxygens (including phenoxy) is 1. The molecule has 30 heavy (non-hydrogen) atoms. The lowest BCUT2D eigenvalue weighted by Gasteiger charge is -2.42. The van der Waals surface area contributed by atoms with Crippen LogP contribution in [-0.2, 0) is 14.9 Å². The number of aromatic amines is 1. The van der Waals surface area contributed by atoms with Crippen molar-refractivity contribution in [3.8, 4) is 0 Å². The molecule has 5 rings (SSSR count). The van der Waals surface area contributed by atoms with E-state index >= 15 is 0 Å². The summed E-state index contributed by atoms with van der Waals surface area (Å²) in [5, 5.41) is 2.14. The Morgan fingerprint density at radius 2 is 1.87 bits per heavy atom. The molecule has 4 atom stereocenters. The van der Waals surface area contributed by atoms with Gasteiger partial charge in [-0.15, -0.1) is 0 Å². The average molecular weight is 432 g/mol. The molecule has 1 N–H and O–H groups in total. The highest BCUT2D eigenvalue weighted by Crippen LogP contribution is 2.35. The Morgan fingerprint density at radius 1 is 1.10 bits per heavy atom. The van der Waals surface area contributed by atoms with Gasteiger partial charge in [-0.25, -0.2) is 4.98 Å². The van der Waals surface area contributed by atoms with Crippen LogP contribution in [0.5, 0.6) is 0 Å². The fourth-order valence-electron chi connectivity index (χ4n) is 5.00. The maximum absolute atomic E-state index is 13.5. The Bertz CT molecular complexity index is 1160. The largest absolute Gasteiger partial charge is 0.373 e. The summed E-state index contributed by atoms with van der Waals surface area (Å²) in [4.78, 5) is 7.66. The molecule has 3 aromatic heterocycles. The molecule has 0 saturated carbocycles. The first kappa shape index (κ1) is 20.0. The molecule has 8 nitrogen and oxygen atoms in total. The summed E-state index contributed by atoms with van der Waals surface area (Å²) in [6.45, 7) is 7.93. The van der Waals surface area contributed by atoms with Gasteiger partial charge in [0.25, 0.3) is 10.2 Å². The normalized spacial score (nSPS) is 29.7. The molecule has 2 unspecified atom stereocenters. The van der Waals surface area contributed by atoms with E-state index in [9.17, 15) is 8.42 Å². The number of nitrogens with one attached hydrogen (secondary N) is 1. The average Bonchev–Trinajstić information content (AvgIpc) is 3.33. The number of fused-ring (bicyclic) bond motifs is 3. The van der Waals surface area contributed by atoms with Crippen molar-refractivity contribution in [3.63, 3.8) is 0 Å². The van der Waals surface area contributed by atoms with Crippen LogP contribution in [0.25, 0.3) is 21.9 Å². The molecular formula is C21H29N5O3S. The maximum atomic E-state index is 13.5. The Morgan fingerprint density at radius 3 is 2.63 bits per heavy atom. The van der Waals surface area contributed by atoms with E-state index in [0.717, 1.165) is 28.4 Å². The first-order chi connectivity index (χ1) is 14.3. The molecule has 2 fully saturated rings. The van der Waals surface area contributed by atoms with E-state index in [1.807, 2.05) is 32.3 Å². The second kappa shape index (κ2) is 7.33. The van der Waals surface area contributed by atoms with E-state index in [2.05, 4.69) is 33.7 Å². The smallest absolute Gasteiger partial charge is 0.282 e. The zero-order valence-corrected chi connectivity index (χ0v) is 18.5. The van der Waals surface area contributed by atoms with Gasteiger partial charge >= 0.3 is 0 Å². The Balaban J connectivity index is 1.49. The lowest BCUT2D eigenvalue weighted by atomic mass is 9.94. The lowest BCUT2D eigenvalue weighted by molar-refractivity contribution is -0.0458. The summed E-state index contributed by atoms with van der Waals surface area (Å²) in [5.74, 6) is 0.372. The number of hydrogen-bond donors (Lipinski definition) is 1. The first-order valence-electron chi connectivity index (χ1n) is 10.7. The molecule has 2 saturated heterocycles. The minimum atomic E-state index is -3.53. The fourth-order valence-corrected chi connectivity index (χ4v) is 6.81. The number of nitrogens with zero attached hydrogens (tertiary/aromatic N) is 4. The highest BCUT2D eigenvalue weighted by atomic mass is 32.2. The van der Waals surface area contributed by atoms with Crippen LogP contribution in [-0.4, -0.2) is 70.0 Å². The van der Waals surface area contributed by atoms with Crippen molar-refractivity contribution >= 4 is 32.1 Å². The molecule has 2 aliphatic heterocycles. The summed E-state index contributed by atoms with van der Waals surface area (Å²) in [6, 6.07) is 4.18. The molecule has 3 aromatic rings. The van der Waals surface area contributed by atoms with E-state index in [0.29, 0.717) is 32.1 Å². The zero-order chi connectivity index (χ0) is 21.0. The van der Waals surface area contributed by atoms with Crippen LogP contribution in [0, 0.1) is 5.92 Å². The van der Waals surface area contributed by atoms with Crippen molar-refractivity contribution in [1.82, 2.24) is 23.1 Å². The molecule has 0 aromatic carbocycles. The second-order valence-electron chi connectivity index (χ2n) is 8.80. The van der Waals surface area contributed by atoms with Crippen molar-refractivity contribution in [3.05, 3.63) is 30.7 Å². The van der Waals surface area contributed by atoms with Gasteiger partial charge in [-0.2, -0.15) is 17.0 Å². The molecule has 2 aliphatic rings. The molecule has 0 amide bonds. The van der Waals surface area contributed by atoms with E-state index < -0.39 is 10.2 Å². The van der Waals surface area contributed by atoms with E-state index in [1.54, 1.807) is 8.61 Å². The van der Waals surface area contributed by atoms with E-state index in [-0.39, 0.29) is 18.2 Å². The molecule has 9 heteroatoms. The van der Waals surface area contributed by atoms with Crippen molar-refractivity contribution in [2.45, 2.75) is 45.4 Å². The Kier molecular flexibility index (Phi) is 4.89. The molecule has 0 bridgehead atoms. The van der Waals surface area contributed by atoms with Crippen LogP contribution in [0.3, 0.4) is 0 Å². The Labute approximate surface area is 177 Å². The summed E-state index contributed by atoms with van der Waals surface area (Å²) in [5.41, 5.74) is 1.97. The predicted octanol–water partition coefficient (Wildman–Crippen LogP) is 2.75. The highest BCUT2D eigenvalue weighted by molar-refractivity contribution is 7.86. The number of morpholine rings is 1. The van der Waals surface area contributed by atoms with Crippen LogP contribution in [0.1, 0.15) is 33.2 Å². The van der Waals surface area contributed by atoms with Gasteiger partial charge in [-0.05, 0) is 38.3 Å². The Hall–Kier alpha value is -1.94. The van der Waals surface area contributed by atoms with Crippen LogP contribution < -0.4 is 0 Å². The van der Waals surface area contributed by atoms with Crippen molar-refractivity contribution in [1.29, 1.82) is 0 Å². The third kappa shape index (κ3) is 3.24. The third-order valence-electron chi connectivity index (χ3n) is 6.54. The van der Waals surface area contributed by atoms with E-state index in [1.165, 1.54) is 0 Å². The monoisotopic (exact) mass is 431 g/mol. The number of piperidine rings is 1. The second-order valence-corrected chi connectivity index (χ2v) is 10.7. The van der Waals surface area contributed by atoms with Gasteiger partial charge in [-0.3, -0.25) is 0 Å². The molecule has 0 radical (unpaired) electrons. The van der Waals surface area contributed by atoms with Gasteiger partial charge in [0.1, 0.15) is 5.65 Å². The quantitative estimate of drug-likeness (QED) is 0.691. The molecule has 162 valence electrons. The lowest BCUT2D eigenvalue weighted by Crippen LogP contribution is -2.55. The van der Waals surface area contributed by atoms with Crippen LogP contribution in [0.4, 0.5) is 0 Å². The number of H-pyrrole nitrogens is 1. The molecular weight excluding hydrogens is 402 g/mol. The van der Waals surface area contributed by atoms with Crippen molar-refractivity contribution in [2.24, 2.45) is 5.92 Å². The maximum Gasteiger partial charge on any atom is 0.282 e. The van der Waals surface area contributed by atoms with Gasteiger partial charge in [0.05, 0.1) is 23.8 Å². The van der Waals surface area contributed by atoms with Crippen LogP contribution in [0.15, 0.2) is 30.7 Å². The number of hydrogen-bond acceptors (Lipinski definition) is 4. The zero-order valence-electron chi connectivity index (χ0n) is 17.7. The minimum absolute atomic E-state index is 0.0717. The molecule has 0 aliphatic carbocycles.